The lowest BCUT2D eigenvalue weighted by molar-refractivity contribution is 0.0696. The molecule has 4 N–H and O–H groups in total. The first-order chi connectivity index (χ1) is 11.3. The van der Waals surface area contributed by atoms with Gasteiger partial charge in [-0.05, 0) is 37.6 Å². The number of carboxylic acid groups (broad SMARTS) is 1. The third-order valence-corrected chi connectivity index (χ3v) is 3.20. The number of aromatic carboxylic acids is 1. The number of hydrogen-bond acceptors (Lipinski definition) is 3. The minimum absolute atomic E-state index is 0.198. The maximum absolute atomic E-state index is 11.2. The van der Waals surface area contributed by atoms with Gasteiger partial charge in [0.25, 0.3) is 5.56 Å². The topological polar surface area (TPSA) is 96.2 Å². The lowest BCUT2D eigenvalue weighted by Crippen LogP contribution is -2.10. The van der Waals surface area contributed by atoms with Crippen LogP contribution in [0.25, 0.3) is 11.3 Å². The zero-order chi connectivity index (χ0) is 18.3. The third kappa shape index (κ3) is 5.14. The van der Waals surface area contributed by atoms with Crippen LogP contribution in [-0.2, 0) is 0 Å². The second-order valence-corrected chi connectivity index (χ2v) is 5.54. The van der Waals surface area contributed by atoms with Gasteiger partial charge in [0, 0.05) is 22.0 Å². The zero-order valence-corrected chi connectivity index (χ0v) is 14.2. The number of hydrogen-bond donors (Lipinski definition) is 3. The third-order valence-electron chi connectivity index (χ3n) is 3.09. The Morgan fingerprint density at radius 1 is 1.29 bits per heavy atom. The lowest BCUT2D eigenvalue weighted by Gasteiger charge is -1.96. The number of aromatic nitrogens is 1. The summed E-state index contributed by atoms with van der Waals surface area (Å²) in [4.78, 5) is 24.5. The smallest absolute Gasteiger partial charge is 0.342 e. The van der Waals surface area contributed by atoms with Gasteiger partial charge >= 0.3 is 5.97 Å². The minimum atomic E-state index is -1.20. The van der Waals surface area contributed by atoms with E-state index in [1.807, 2.05) is 6.92 Å². The van der Waals surface area contributed by atoms with Crippen molar-refractivity contribution in [1.82, 2.24) is 4.98 Å². The SMILES string of the molecule is C=C/C(N)=C(C)\C=C(/C)Cl.O=C(O)c1c2cccccc-2[nH]c1=O. The number of rotatable bonds is 3. The van der Waals surface area contributed by atoms with E-state index < -0.39 is 11.5 Å². The number of allylic oxidation sites excluding steroid dienone is 4. The van der Waals surface area contributed by atoms with Gasteiger partial charge in [0.15, 0.2) is 0 Å². The molecule has 0 unspecified atom stereocenters. The molecule has 0 radical (unpaired) electrons. The number of aromatic amines is 1. The van der Waals surface area contributed by atoms with Gasteiger partial charge in [-0.15, -0.1) is 0 Å². The molecule has 0 spiro atoms. The highest BCUT2D eigenvalue weighted by Gasteiger charge is 2.19. The molecule has 0 saturated heterocycles. The van der Waals surface area contributed by atoms with E-state index in [9.17, 15) is 9.59 Å². The average Bonchev–Trinajstić information content (AvgIpc) is 2.66. The normalized spacial score (nSPS) is 12.0. The maximum Gasteiger partial charge on any atom is 0.342 e. The molecule has 5 nitrogen and oxygen atoms in total. The molecule has 6 heteroatoms. The summed E-state index contributed by atoms with van der Waals surface area (Å²) in [6.07, 6.45) is 3.41. The maximum atomic E-state index is 11.2. The van der Waals surface area contributed by atoms with Gasteiger partial charge in [0.1, 0.15) is 5.56 Å². The van der Waals surface area contributed by atoms with Crippen LogP contribution in [-0.4, -0.2) is 16.1 Å². The summed E-state index contributed by atoms with van der Waals surface area (Å²) in [6, 6.07) is 8.48. The van der Waals surface area contributed by atoms with Gasteiger partial charge < -0.3 is 15.8 Å². The molecule has 0 aromatic carbocycles. The van der Waals surface area contributed by atoms with Crippen molar-refractivity contribution in [3.63, 3.8) is 0 Å². The monoisotopic (exact) mass is 346 g/mol. The predicted octanol–water partition coefficient (Wildman–Crippen LogP) is 3.73. The fraction of sp³-hybridized carbons (Fsp3) is 0.111. The van der Waals surface area contributed by atoms with Crippen molar-refractivity contribution in [3.05, 3.63) is 81.3 Å². The first kappa shape index (κ1) is 19.3. The van der Waals surface area contributed by atoms with Crippen molar-refractivity contribution in [2.45, 2.75) is 13.8 Å². The number of carbonyl (C=O) groups is 1. The van der Waals surface area contributed by atoms with Crippen LogP contribution in [0.15, 0.2) is 70.2 Å². The first-order valence-electron chi connectivity index (χ1n) is 7.04. The fourth-order valence-electron chi connectivity index (χ4n) is 1.94. The molecule has 0 fully saturated rings. The molecule has 2 aliphatic rings. The van der Waals surface area contributed by atoms with Gasteiger partial charge in [-0.1, -0.05) is 42.4 Å². The average molecular weight is 347 g/mol. The summed E-state index contributed by atoms with van der Waals surface area (Å²) < 4.78 is 0. The van der Waals surface area contributed by atoms with Crippen LogP contribution in [0.4, 0.5) is 0 Å². The van der Waals surface area contributed by atoms with E-state index in [4.69, 9.17) is 22.4 Å². The van der Waals surface area contributed by atoms with E-state index in [1.165, 1.54) is 0 Å². The van der Waals surface area contributed by atoms with Gasteiger partial charge in [0.2, 0.25) is 0 Å². The Kier molecular flexibility index (Phi) is 7.01. The lowest BCUT2D eigenvalue weighted by atomic mass is 10.1. The molecule has 1 heterocycles. The summed E-state index contributed by atoms with van der Waals surface area (Å²) in [7, 11) is 0. The molecule has 0 aromatic rings. The van der Waals surface area contributed by atoms with Crippen LogP contribution in [0.5, 0.6) is 0 Å². The van der Waals surface area contributed by atoms with E-state index in [1.54, 1.807) is 49.4 Å². The van der Waals surface area contributed by atoms with E-state index in [0.717, 1.165) is 10.6 Å². The van der Waals surface area contributed by atoms with E-state index in [-0.39, 0.29) is 5.56 Å². The van der Waals surface area contributed by atoms with Gasteiger partial charge in [0.05, 0.1) is 0 Å². The van der Waals surface area contributed by atoms with E-state index in [2.05, 4.69) is 11.6 Å². The molecule has 0 bridgehead atoms. The molecular weight excluding hydrogens is 328 g/mol. The Morgan fingerprint density at radius 2 is 1.92 bits per heavy atom. The Hall–Kier alpha value is -2.79. The van der Waals surface area contributed by atoms with Crippen LogP contribution in [0, 0.1) is 0 Å². The van der Waals surface area contributed by atoms with Crippen molar-refractivity contribution < 1.29 is 9.90 Å². The van der Waals surface area contributed by atoms with Crippen LogP contribution in [0.3, 0.4) is 0 Å². The second-order valence-electron chi connectivity index (χ2n) is 4.95. The summed E-state index contributed by atoms with van der Waals surface area (Å²) in [5, 5.41) is 9.54. The largest absolute Gasteiger partial charge is 0.477 e. The Labute approximate surface area is 145 Å². The fourth-order valence-corrected chi connectivity index (χ4v) is 2.10. The van der Waals surface area contributed by atoms with Crippen LogP contribution < -0.4 is 11.3 Å². The molecule has 1 aliphatic heterocycles. The van der Waals surface area contributed by atoms with Gasteiger partial charge in [-0.3, -0.25) is 4.79 Å². The van der Waals surface area contributed by atoms with Crippen molar-refractivity contribution >= 4 is 17.6 Å². The number of nitrogens with two attached hydrogens (primary N) is 1. The molecule has 126 valence electrons. The highest BCUT2D eigenvalue weighted by molar-refractivity contribution is 6.29. The predicted molar refractivity (Wildman–Crippen MR) is 97.3 cm³/mol. The number of nitrogens with one attached hydrogen (secondary N) is 1. The molecular formula is C18H19ClN2O3. The van der Waals surface area contributed by atoms with E-state index in [0.29, 0.717) is 17.0 Å². The summed E-state index contributed by atoms with van der Waals surface area (Å²) in [5.74, 6) is -1.20. The zero-order valence-electron chi connectivity index (χ0n) is 13.5. The first-order valence-corrected chi connectivity index (χ1v) is 7.42. The molecule has 24 heavy (non-hydrogen) atoms. The summed E-state index contributed by atoms with van der Waals surface area (Å²) in [5.41, 5.74) is 7.36. The second kappa shape index (κ2) is 8.74. The summed E-state index contributed by atoms with van der Waals surface area (Å²) in [6.45, 7) is 7.23. The highest BCUT2D eigenvalue weighted by Crippen LogP contribution is 2.19. The van der Waals surface area contributed by atoms with Gasteiger partial charge in [-0.2, -0.15) is 0 Å². The molecule has 0 saturated carbocycles. The van der Waals surface area contributed by atoms with Crippen LogP contribution in [0.2, 0.25) is 0 Å². The van der Waals surface area contributed by atoms with E-state index >= 15 is 0 Å². The highest BCUT2D eigenvalue weighted by atomic mass is 35.5. The molecule has 2 rings (SSSR count). The standard InChI is InChI=1S/C10H7NO3.C8H12ClN/c12-9-8(10(13)14)6-4-2-1-3-5-7(6)11-9;1-4-8(10)6(2)5-7(3)9/h1-5H,(H,11,12)(H,13,14);4-5H,1,10H2,2-3H3/b;7-5+,8-6+. The number of halogens is 1. The quantitative estimate of drug-likeness (QED) is 0.738. The number of fused-ring (bicyclic) bond motifs is 1. The van der Waals surface area contributed by atoms with Crippen molar-refractivity contribution in [1.29, 1.82) is 0 Å². The van der Waals surface area contributed by atoms with Gasteiger partial charge in [-0.25, -0.2) is 4.79 Å². The summed E-state index contributed by atoms with van der Waals surface area (Å²) >= 11 is 5.61. The molecule has 1 aliphatic carbocycles. The molecule has 0 aromatic heterocycles. The Balaban J connectivity index is 0.000000257. The van der Waals surface area contributed by atoms with Crippen molar-refractivity contribution in [2.24, 2.45) is 5.73 Å². The van der Waals surface area contributed by atoms with Crippen LogP contribution in [0.1, 0.15) is 24.2 Å². The Bertz CT molecular complexity index is 830. The molecule has 0 amide bonds. The number of carboxylic acids is 1. The van der Waals surface area contributed by atoms with Crippen LogP contribution >= 0.6 is 11.6 Å². The molecule has 0 atom stereocenters. The van der Waals surface area contributed by atoms with Crippen molar-refractivity contribution in [2.75, 3.05) is 0 Å². The minimum Gasteiger partial charge on any atom is -0.477 e. The Morgan fingerprint density at radius 3 is 2.46 bits per heavy atom. The number of H-pyrrole nitrogens is 1. The van der Waals surface area contributed by atoms with Crippen molar-refractivity contribution in [3.8, 4) is 11.3 Å².